The van der Waals surface area contributed by atoms with Gasteiger partial charge in [-0.3, -0.25) is 4.79 Å². The van der Waals surface area contributed by atoms with Gasteiger partial charge in [0.2, 0.25) is 5.91 Å². The Morgan fingerprint density at radius 1 is 1.32 bits per heavy atom. The minimum absolute atomic E-state index is 0.0385. The lowest BCUT2D eigenvalue weighted by Crippen LogP contribution is -2.35. The van der Waals surface area contributed by atoms with Crippen LogP contribution in [0.3, 0.4) is 0 Å². The van der Waals surface area contributed by atoms with Crippen LogP contribution >= 0.6 is 11.8 Å². The van der Waals surface area contributed by atoms with Crippen molar-refractivity contribution in [1.29, 1.82) is 0 Å². The Balaban J connectivity index is 2.30. The molecule has 0 aliphatic carbocycles. The molecule has 4 heteroatoms. The average Bonchev–Trinajstić information content (AvgIpc) is 2.36. The zero-order valence-electron chi connectivity index (χ0n) is 11.9. The number of hydrogen-bond donors (Lipinski definition) is 2. The van der Waals surface area contributed by atoms with Crippen LogP contribution in [0.2, 0.25) is 0 Å². The normalized spacial score (nSPS) is 11.4. The molecule has 0 spiro atoms. The van der Waals surface area contributed by atoms with E-state index in [9.17, 15) is 4.79 Å². The molecule has 0 unspecified atom stereocenters. The summed E-state index contributed by atoms with van der Waals surface area (Å²) in [4.78, 5) is 12.8. The number of amides is 1. The van der Waals surface area contributed by atoms with Gasteiger partial charge in [-0.15, -0.1) is 11.8 Å². The minimum Gasteiger partial charge on any atom is -0.396 e. The molecule has 0 bridgehead atoms. The highest BCUT2D eigenvalue weighted by Crippen LogP contribution is 2.19. The first-order chi connectivity index (χ1) is 8.93. The van der Waals surface area contributed by atoms with Gasteiger partial charge in [0.25, 0.3) is 0 Å². The number of carbonyl (C=O) groups excluding carboxylic acids is 1. The molecule has 0 heterocycles. The number of benzene rings is 1. The molecule has 0 saturated heterocycles. The predicted octanol–water partition coefficient (Wildman–Crippen LogP) is 2.61. The topological polar surface area (TPSA) is 49.3 Å². The Labute approximate surface area is 119 Å². The monoisotopic (exact) mass is 281 g/mol. The third kappa shape index (κ3) is 6.64. The predicted molar refractivity (Wildman–Crippen MR) is 80.4 cm³/mol. The van der Waals surface area contributed by atoms with Gasteiger partial charge in [-0.25, -0.2) is 0 Å². The van der Waals surface area contributed by atoms with Crippen LogP contribution in [0.25, 0.3) is 0 Å². The molecule has 0 saturated carbocycles. The Bertz CT molecular complexity index is 401. The highest BCUT2D eigenvalue weighted by atomic mass is 32.2. The first-order valence-corrected chi connectivity index (χ1v) is 7.48. The van der Waals surface area contributed by atoms with Gasteiger partial charge in [-0.2, -0.15) is 0 Å². The molecular weight excluding hydrogens is 258 g/mol. The Kier molecular flexibility index (Phi) is 6.38. The van der Waals surface area contributed by atoms with Crippen molar-refractivity contribution in [3.63, 3.8) is 0 Å². The van der Waals surface area contributed by atoms with Gasteiger partial charge in [-0.05, 0) is 30.9 Å². The lowest BCUT2D eigenvalue weighted by Gasteiger charge is -2.23. The van der Waals surface area contributed by atoms with Crippen LogP contribution in [0.5, 0.6) is 0 Å². The number of aliphatic hydroxyl groups is 1. The second-order valence-electron chi connectivity index (χ2n) is 5.52. The lowest BCUT2D eigenvalue weighted by atomic mass is 9.90. The number of carbonyl (C=O) groups is 1. The van der Waals surface area contributed by atoms with Gasteiger partial charge < -0.3 is 10.4 Å². The molecule has 0 atom stereocenters. The molecule has 2 N–H and O–H groups in total. The Hall–Kier alpha value is -1.00. The Morgan fingerprint density at radius 2 is 1.95 bits per heavy atom. The first-order valence-electron chi connectivity index (χ1n) is 6.50. The van der Waals surface area contributed by atoms with Crippen molar-refractivity contribution < 1.29 is 9.90 Å². The van der Waals surface area contributed by atoms with Crippen LogP contribution in [-0.4, -0.2) is 29.9 Å². The third-order valence-electron chi connectivity index (χ3n) is 2.94. The molecule has 1 rings (SSSR count). The van der Waals surface area contributed by atoms with Crippen LogP contribution in [0.15, 0.2) is 29.2 Å². The van der Waals surface area contributed by atoms with E-state index in [-0.39, 0.29) is 17.9 Å². The Morgan fingerprint density at radius 3 is 2.53 bits per heavy atom. The first kappa shape index (κ1) is 16.1. The summed E-state index contributed by atoms with van der Waals surface area (Å²) in [5.74, 6) is 0.467. The van der Waals surface area contributed by atoms with Crippen molar-refractivity contribution in [2.45, 2.75) is 32.1 Å². The van der Waals surface area contributed by atoms with Gasteiger partial charge in [0, 0.05) is 18.0 Å². The summed E-state index contributed by atoms with van der Waals surface area (Å²) in [6.07, 6.45) is 0.693. The highest BCUT2D eigenvalue weighted by Gasteiger charge is 2.17. The molecule has 1 aromatic rings. The fraction of sp³-hybridized carbons (Fsp3) is 0.533. The summed E-state index contributed by atoms with van der Waals surface area (Å²) in [6, 6.07) is 8.15. The van der Waals surface area contributed by atoms with E-state index in [2.05, 4.69) is 5.32 Å². The van der Waals surface area contributed by atoms with Crippen LogP contribution in [0.4, 0.5) is 0 Å². The summed E-state index contributed by atoms with van der Waals surface area (Å²) in [6.45, 7) is 6.87. The fourth-order valence-corrected chi connectivity index (χ4v) is 2.29. The molecule has 0 aliphatic rings. The average molecular weight is 281 g/mol. The maximum absolute atomic E-state index is 11.7. The largest absolute Gasteiger partial charge is 0.396 e. The van der Waals surface area contributed by atoms with E-state index in [1.165, 1.54) is 17.3 Å². The number of rotatable bonds is 7. The van der Waals surface area contributed by atoms with E-state index in [0.29, 0.717) is 18.7 Å². The third-order valence-corrected chi connectivity index (χ3v) is 3.96. The zero-order valence-corrected chi connectivity index (χ0v) is 12.7. The summed E-state index contributed by atoms with van der Waals surface area (Å²) >= 11 is 1.54. The van der Waals surface area contributed by atoms with E-state index in [1.807, 2.05) is 45.0 Å². The van der Waals surface area contributed by atoms with E-state index in [0.717, 1.165) is 4.90 Å². The standard InChI is InChI=1S/C15H23NO2S/c1-12-4-6-13(7-5-12)19-10-14(18)16-11-15(2,3)8-9-17/h4-7,17H,8-11H2,1-3H3,(H,16,18). The smallest absolute Gasteiger partial charge is 0.230 e. The molecule has 3 nitrogen and oxygen atoms in total. The number of nitrogens with one attached hydrogen (secondary N) is 1. The van der Waals surface area contributed by atoms with Crippen molar-refractivity contribution in [2.75, 3.05) is 18.9 Å². The van der Waals surface area contributed by atoms with Gasteiger partial charge in [0.1, 0.15) is 0 Å². The molecular formula is C15H23NO2S. The second-order valence-corrected chi connectivity index (χ2v) is 6.57. The molecule has 0 fully saturated rings. The van der Waals surface area contributed by atoms with Gasteiger partial charge >= 0.3 is 0 Å². The van der Waals surface area contributed by atoms with E-state index >= 15 is 0 Å². The fourth-order valence-electron chi connectivity index (χ4n) is 1.56. The SMILES string of the molecule is Cc1ccc(SCC(=O)NCC(C)(C)CCO)cc1. The van der Waals surface area contributed by atoms with Crippen LogP contribution < -0.4 is 5.32 Å². The van der Waals surface area contributed by atoms with Gasteiger partial charge in [-0.1, -0.05) is 31.5 Å². The number of aliphatic hydroxyl groups excluding tert-OH is 1. The van der Waals surface area contributed by atoms with E-state index in [1.54, 1.807) is 0 Å². The lowest BCUT2D eigenvalue weighted by molar-refractivity contribution is -0.119. The van der Waals surface area contributed by atoms with E-state index < -0.39 is 0 Å². The maximum atomic E-state index is 11.7. The van der Waals surface area contributed by atoms with Crippen molar-refractivity contribution in [3.8, 4) is 0 Å². The summed E-state index contributed by atoms with van der Waals surface area (Å²) < 4.78 is 0. The van der Waals surface area contributed by atoms with Crippen LogP contribution in [-0.2, 0) is 4.79 Å². The maximum Gasteiger partial charge on any atom is 0.230 e. The van der Waals surface area contributed by atoms with E-state index in [4.69, 9.17) is 5.11 Å². The summed E-state index contributed by atoms with van der Waals surface area (Å²) in [5.41, 5.74) is 1.17. The zero-order chi connectivity index (χ0) is 14.3. The van der Waals surface area contributed by atoms with Crippen LogP contribution in [0.1, 0.15) is 25.8 Å². The molecule has 19 heavy (non-hydrogen) atoms. The van der Waals surface area contributed by atoms with Crippen molar-refractivity contribution in [1.82, 2.24) is 5.32 Å². The summed E-state index contributed by atoms with van der Waals surface area (Å²) in [7, 11) is 0. The van der Waals surface area contributed by atoms with Gasteiger partial charge in [0.05, 0.1) is 5.75 Å². The van der Waals surface area contributed by atoms with Crippen molar-refractivity contribution in [2.24, 2.45) is 5.41 Å². The number of aryl methyl sites for hydroxylation is 1. The molecule has 0 radical (unpaired) electrons. The van der Waals surface area contributed by atoms with Crippen LogP contribution in [0, 0.1) is 12.3 Å². The highest BCUT2D eigenvalue weighted by molar-refractivity contribution is 8.00. The molecule has 1 amide bonds. The summed E-state index contributed by atoms with van der Waals surface area (Å²) in [5, 5.41) is 11.8. The van der Waals surface area contributed by atoms with Gasteiger partial charge in [0.15, 0.2) is 0 Å². The molecule has 1 aromatic carbocycles. The molecule has 106 valence electrons. The minimum atomic E-state index is -0.0566. The van der Waals surface area contributed by atoms with Crippen molar-refractivity contribution >= 4 is 17.7 Å². The quantitative estimate of drug-likeness (QED) is 0.755. The number of thioether (sulfide) groups is 1. The van der Waals surface area contributed by atoms with Crippen molar-refractivity contribution in [3.05, 3.63) is 29.8 Å². The second kappa shape index (κ2) is 7.56. The molecule has 0 aliphatic heterocycles. The number of hydrogen-bond acceptors (Lipinski definition) is 3. The molecule has 0 aromatic heterocycles.